The normalized spacial score (nSPS) is 11.9. The monoisotopic (exact) mass is 301 g/mol. The highest BCUT2D eigenvalue weighted by atomic mass is 32.2. The number of nitrogens with one attached hydrogen (secondary N) is 1. The van der Waals surface area contributed by atoms with Gasteiger partial charge in [0.25, 0.3) is 0 Å². The van der Waals surface area contributed by atoms with Crippen molar-refractivity contribution in [1.82, 2.24) is 15.3 Å². The number of benzene rings is 1. The second-order valence-corrected chi connectivity index (χ2v) is 5.77. The summed E-state index contributed by atoms with van der Waals surface area (Å²) in [5.74, 6) is 0.407. The third-order valence-electron chi connectivity index (χ3n) is 3.08. The summed E-state index contributed by atoms with van der Waals surface area (Å²) in [4.78, 5) is 20.2. The Morgan fingerprint density at radius 1 is 1.29 bits per heavy atom. The number of amides is 1. The van der Waals surface area contributed by atoms with Crippen molar-refractivity contribution in [2.45, 2.75) is 31.3 Å². The zero-order valence-electron chi connectivity index (χ0n) is 12.2. The van der Waals surface area contributed by atoms with Gasteiger partial charge in [0.2, 0.25) is 5.91 Å². The largest absolute Gasteiger partial charge is 0.353 e. The molecule has 21 heavy (non-hydrogen) atoms. The molecular weight excluding hydrogens is 282 g/mol. The van der Waals surface area contributed by atoms with E-state index in [1.807, 2.05) is 43.3 Å². The number of carbonyl (C=O) groups excluding carboxylic acids is 1. The van der Waals surface area contributed by atoms with Crippen LogP contribution in [0.5, 0.6) is 0 Å². The molecule has 0 radical (unpaired) electrons. The number of hydrogen-bond acceptors (Lipinski definition) is 4. The molecule has 1 aromatic carbocycles. The van der Waals surface area contributed by atoms with Gasteiger partial charge in [-0.1, -0.05) is 49.0 Å². The predicted molar refractivity (Wildman–Crippen MR) is 86.1 cm³/mol. The lowest BCUT2D eigenvalue weighted by Crippen LogP contribution is -2.33. The van der Waals surface area contributed by atoms with Crippen LogP contribution < -0.4 is 5.32 Å². The van der Waals surface area contributed by atoms with E-state index in [-0.39, 0.29) is 11.9 Å². The molecule has 1 unspecified atom stereocenters. The van der Waals surface area contributed by atoms with Crippen molar-refractivity contribution in [3.05, 3.63) is 42.7 Å². The molecule has 0 fully saturated rings. The van der Waals surface area contributed by atoms with Crippen LogP contribution in [0.15, 0.2) is 47.8 Å². The molecule has 0 saturated heterocycles. The van der Waals surface area contributed by atoms with Crippen LogP contribution in [0.1, 0.15) is 20.3 Å². The van der Waals surface area contributed by atoms with Crippen molar-refractivity contribution in [1.29, 1.82) is 0 Å². The summed E-state index contributed by atoms with van der Waals surface area (Å²) in [6, 6.07) is 12.1. The Bertz CT molecular complexity index is 589. The van der Waals surface area contributed by atoms with Gasteiger partial charge in [-0.2, -0.15) is 0 Å². The van der Waals surface area contributed by atoms with Crippen molar-refractivity contribution in [2.24, 2.45) is 0 Å². The van der Waals surface area contributed by atoms with E-state index in [9.17, 15) is 4.79 Å². The smallest absolute Gasteiger partial charge is 0.230 e. The van der Waals surface area contributed by atoms with Gasteiger partial charge in [0, 0.05) is 11.6 Å². The second kappa shape index (κ2) is 7.78. The Morgan fingerprint density at radius 3 is 2.76 bits per heavy atom. The van der Waals surface area contributed by atoms with E-state index in [2.05, 4.69) is 22.2 Å². The van der Waals surface area contributed by atoms with E-state index in [1.165, 1.54) is 18.1 Å². The standard InChI is InChI=1S/C16H19N3OS/c1-3-12(2)19-15(20)10-21-16-9-14(17-11-18-16)13-7-5-4-6-8-13/h4-9,11-12H,3,10H2,1-2H3,(H,19,20). The summed E-state index contributed by atoms with van der Waals surface area (Å²) in [7, 11) is 0. The molecule has 2 rings (SSSR count). The zero-order chi connectivity index (χ0) is 15.1. The van der Waals surface area contributed by atoms with Crippen LogP contribution in [-0.4, -0.2) is 27.7 Å². The van der Waals surface area contributed by atoms with E-state index < -0.39 is 0 Å². The fraction of sp³-hybridized carbons (Fsp3) is 0.312. The molecule has 1 heterocycles. The third-order valence-corrected chi connectivity index (χ3v) is 4.01. The predicted octanol–water partition coefficient (Wildman–Crippen LogP) is 3.15. The topological polar surface area (TPSA) is 54.9 Å². The first-order valence-electron chi connectivity index (χ1n) is 6.98. The minimum Gasteiger partial charge on any atom is -0.353 e. The molecule has 1 atom stereocenters. The highest BCUT2D eigenvalue weighted by molar-refractivity contribution is 7.99. The van der Waals surface area contributed by atoms with Crippen molar-refractivity contribution >= 4 is 17.7 Å². The van der Waals surface area contributed by atoms with Gasteiger partial charge in [-0.15, -0.1) is 0 Å². The van der Waals surface area contributed by atoms with Gasteiger partial charge in [-0.05, 0) is 19.4 Å². The maximum atomic E-state index is 11.8. The molecule has 5 heteroatoms. The number of aromatic nitrogens is 2. The summed E-state index contributed by atoms with van der Waals surface area (Å²) >= 11 is 1.43. The molecule has 0 aliphatic heterocycles. The average molecular weight is 301 g/mol. The van der Waals surface area contributed by atoms with Crippen LogP contribution in [0, 0.1) is 0 Å². The van der Waals surface area contributed by atoms with E-state index in [4.69, 9.17) is 0 Å². The number of thioether (sulfide) groups is 1. The van der Waals surface area contributed by atoms with E-state index in [0.717, 1.165) is 22.7 Å². The van der Waals surface area contributed by atoms with Crippen molar-refractivity contribution in [3.63, 3.8) is 0 Å². The van der Waals surface area contributed by atoms with Gasteiger partial charge in [-0.3, -0.25) is 4.79 Å². The van der Waals surface area contributed by atoms with Crippen LogP contribution in [0.2, 0.25) is 0 Å². The first-order valence-corrected chi connectivity index (χ1v) is 7.97. The Morgan fingerprint density at radius 2 is 2.05 bits per heavy atom. The van der Waals surface area contributed by atoms with E-state index in [1.54, 1.807) is 0 Å². The van der Waals surface area contributed by atoms with Crippen LogP contribution in [0.4, 0.5) is 0 Å². The molecule has 2 aromatic rings. The summed E-state index contributed by atoms with van der Waals surface area (Å²) in [5, 5.41) is 3.75. The molecule has 0 spiro atoms. The lowest BCUT2D eigenvalue weighted by molar-refractivity contribution is -0.119. The maximum Gasteiger partial charge on any atom is 0.230 e. The van der Waals surface area contributed by atoms with Gasteiger partial charge >= 0.3 is 0 Å². The minimum absolute atomic E-state index is 0.0363. The Labute approximate surface area is 129 Å². The minimum atomic E-state index is 0.0363. The summed E-state index contributed by atoms with van der Waals surface area (Å²) in [6.07, 6.45) is 2.47. The van der Waals surface area contributed by atoms with Crippen LogP contribution in [-0.2, 0) is 4.79 Å². The SMILES string of the molecule is CCC(C)NC(=O)CSc1cc(-c2ccccc2)ncn1. The van der Waals surface area contributed by atoms with Crippen molar-refractivity contribution in [2.75, 3.05) is 5.75 Å². The Hall–Kier alpha value is -1.88. The first kappa shape index (κ1) is 15.5. The van der Waals surface area contributed by atoms with Crippen molar-refractivity contribution in [3.8, 4) is 11.3 Å². The highest BCUT2D eigenvalue weighted by Gasteiger charge is 2.08. The van der Waals surface area contributed by atoms with Crippen LogP contribution in [0.3, 0.4) is 0 Å². The third kappa shape index (κ3) is 4.86. The van der Waals surface area contributed by atoms with Gasteiger partial charge in [0.1, 0.15) is 11.4 Å². The lowest BCUT2D eigenvalue weighted by atomic mass is 10.1. The molecule has 1 N–H and O–H groups in total. The molecule has 4 nitrogen and oxygen atoms in total. The van der Waals surface area contributed by atoms with Gasteiger partial charge < -0.3 is 5.32 Å². The van der Waals surface area contributed by atoms with Crippen LogP contribution >= 0.6 is 11.8 Å². The van der Waals surface area contributed by atoms with Gasteiger partial charge in [-0.25, -0.2) is 9.97 Å². The van der Waals surface area contributed by atoms with Crippen molar-refractivity contribution < 1.29 is 4.79 Å². The van der Waals surface area contributed by atoms with Gasteiger partial charge in [0.15, 0.2) is 0 Å². The number of hydrogen-bond donors (Lipinski definition) is 1. The number of rotatable bonds is 6. The molecule has 0 bridgehead atoms. The summed E-state index contributed by atoms with van der Waals surface area (Å²) in [6.45, 7) is 4.05. The highest BCUT2D eigenvalue weighted by Crippen LogP contribution is 2.21. The van der Waals surface area contributed by atoms with E-state index in [0.29, 0.717) is 5.75 Å². The molecule has 1 aromatic heterocycles. The Kier molecular flexibility index (Phi) is 5.75. The molecule has 0 aliphatic rings. The maximum absolute atomic E-state index is 11.8. The quantitative estimate of drug-likeness (QED) is 0.658. The molecular formula is C16H19N3OS. The fourth-order valence-corrected chi connectivity index (χ4v) is 2.42. The van der Waals surface area contributed by atoms with Crippen LogP contribution in [0.25, 0.3) is 11.3 Å². The van der Waals surface area contributed by atoms with E-state index >= 15 is 0 Å². The number of carbonyl (C=O) groups is 1. The summed E-state index contributed by atoms with van der Waals surface area (Å²) in [5.41, 5.74) is 1.92. The fourth-order valence-electron chi connectivity index (χ4n) is 1.74. The molecule has 1 amide bonds. The molecule has 0 aliphatic carbocycles. The zero-order valence-corrected chi connectivity index (χ0v) is 13.1. The Balaban J connectivity index is 1.97. The summed E-state index contributed by atoms with van der Waals surface area (Å²) < 4.78 is 0. The molecule has 0 saturated carbocycles. The van der Waals surface area contributed by atoms with Gasteiger partial charge in [0.05, 0.1) is 11.4 Å². The first-order chi connectivity index (χ1) is 10.2. The second-order valence-electron chi connectivity index (χ2n) is 4.77. The lowest BCUT2D eigenvalue weighted by Gasteiger charge is -2.10. The average Bonchev–Trinajstić information content (AvgIpc) is 2.54. The molecule has 110 valence electrons. The number of nitrogens with zero attached hydrogens (tertiary/aromatic N) is 2.